The lowest BCUT2D eigenvalue weighted by molar-refractivity contribution is -0.116. The van der Waals surface area contributed by atoms with Gasteiger partial charge in [0.25, 0.3) is 0 Å². The lowest BCUT2D eigenvalue weighted by atomic mass is 10.2. The second kappa shape index (κ2) is 7.59. The number of hydrogen-bond donors (Lipinski definition) is 1. The van der Waals surface area contributed by atoms with Crippen molar-refractivity contribution in [3.63, 3.8) is 0 Å². The van der Waals surface area contributed by atoms with E-state index in [1.165, 1.54) is 24.2 Å². The number of carbonyl (C=O) groups is 1. The largest absolute Gasteiger partial charge is 0.486 e. The van der Waals surface area contributed by atoms with Crippen molar-refractivity contribution >= 4 is 22.4 Å². The molecule has 1 fully saturated rings. The molecular weight excluding hydrogens is 352 g/mol. The van der Waals surface area contributed by atoms with Gasteiger partial charge in [0, 0.05) is 25.4 Å². The van der Waals surface area contributed by atoms with Gasteiger partial charge in [0.05, 0.1) is 0 Å². The zero-order valence-electron chi connectivity index (χ0n) is 14.7. The lowest BCUT2D eigenvalue weighted by Gasteiger charge is -2.29. The number of likely N-dealkylation sites (N-methyl/N-ethyl adjacent to an activating group) is 1. The van der Waals surface area contributed by atoms with E-state index in [9.17, 15) is 4.79 Å². The summed E-state index contributed by atoms with van der Waals surface area (Å²) in [6.07, 6.45) is 2.73. The average Bonchev–Trinajstić information content (AvgIpc) is 3.40. The number of carbonyl (C=O) groups excluding carboxylic acids is 1. The summed E-state index contributed by atoms with van der Waals surface area (Å²) >= 11 is 1.48. The highest BCUT2D eigenvalue weighted by Gasteiger charge is 2.28. The van der Waals surface area contributed by atoms with Gasteiger partial charge in [-0.25, -0.2) is 0 Å². The van der Waals surface area contributed by atoms with Crippen molar-refractivity contribution in [2.75, 3.05) is 32.1 Å². The average molecular weight is 374 g/mol. The molecular formula is C18H22N4O3S. The van der Waals surface area contributed by atoms with Gasteiger partial charge in [-0.3, -0.25) is 4.79 Å². The molecule has 0 spiro atoms. The van der Waals surface area contributed by atoms with Crippen molar-refractivity contribution in [1.29, 1.82) is 0 Å². The van der Waals surface area contributed by atoms with Gasteiger partial charge >= 0.3 is 0 Å². The minimum atomic E-state index is -0.0403. The smallest absolute Gasteiger partial charge is 0.227 e. The summed E-state index contributed by atoms with van der Waals surface area (Å²) < 4.78 is 11.7. The molecule has 1 aromatic heterocycles. The van der Waals surface area contributed by atoms with E-state index in [1.54, 1.807) is 0 Å². The summed E-state index contributed by atoms with van der Waals surface area (Å²) in [5.74, 6) is 2.08. The molecule has 1 aliphatic heterocycles. The van der Waals surface area contributed by atoms with Crippen molar-refractivity contribution in [2.24, 2.45) is 0 Å². The lowest BCUT2D eigenvalue weighted by Crippen LogP contribution is -2.40. The Morgan fingerprint density at radius 1 is 1.31 bits per heavy atom. The van der Waals surface area contributed by atoms with Gasteiger partial charge in [-0.15, -0.1) is 10.2 Å². The maximum atomic E-state index is 12.1. The summed E-state index contributed by atoms with van der Waals surface area (Å²) in [5.41, 5.74) is 0. The topological polar surface area (TPSA) is 76.6 Å². The Kier molecular flexibility index (Phi) is 5.03. The number of amides is 1. The molecule has 0 bridgehead atoms. The van der Waals surface area contributed by atoms with E-state index >= 15 is 0 Å². The Balaban J connectivity index is 1.20. The maximum Gasteiger partial charge on any atom is 0.227 e. The first-order chi connectivity index (χ1) is 12.7. The molecule has 4 rings (SSSR count). The molecule has 7 nitrogen and oxygen atoms in total. The van der Waals surface area contributed by atoms with E-state index in [4.69, 9.17) is 9.47 Å². The molecule has 1 aromatic carbocycles. The van der Waals surface area contributed by atoms with Crippen LogP contribution in [0.2, 0.25) is 0 Å². The SMILES string of the molecule is CN(CCC(=O)Nc1nnc(C2CC2)s1)CC1COc2ccccc2O1. The number of anilines is 1. The third-order valence-corrected chi connectivity index (χ3v) is 5.42. The molecule has 1 atom stereocenters. The fraction of sp³-hybridized carbons (Fsp3) is 0.500. The fourth-order valence-corrected chi connectivity index (χ4v) is 3.78. The van der Waals surface area contributed by atoms with Crippen LogP contribution in [0.15, 0.2) is 24.3 Å². The molecule has 1 unspecified atom stereocenters. The van der Waals surface area contributed by atoms with Crippen LogP contribution in [0.4, 0.5) is 5.13 Å². The number of fused-ring (bicyclic) bond motifs is 1. The number of benzene rings is 1. The number of aromatic nitrogens is 2. The van der Waals surface area contributed by atoms with Crippen LogP contribution in [-0.4, -0.2) is 53.9 Å². The number of rotatable bonds is 7. The molecule has 26 heavy (non-hydrogen) atoms. The summed E-state index contributed by atoms with van der Waals surface area (Å²) in [5, 5.41) is 12.7. The Morgan fingerprint density at radius 2 is 2.12 bits per heavy atom. The minimum Gasteiger partial charge on any atom is -0.486 e. The molecule has 1 saturated carbocycles. The molecule has 2 aromatic rings. The molecule has 0 saturated heterocycles. The molecule has 0 radical (unpaired) electrons. The standard InChI is InChI=1S/C18H22N4O3S/c1-22(10-13-11-24-14-4-2-3-5-15(14)25-13)9-8-16(23)19-18-21-20-17(26-18)12-6-7-12/h2-5,12-13H,6-11H2,1H3,(H,19,21,23). The molecule has 2 aliphatic rings. The van der Waals surface area contributed by atoms with Crippen LogP contribution in [0.1, 0.15) is 30.2 Å². The van der Waals surface area contributed by atoms with Crippen LogP contribution in [0.5, 0.6) is 11.5 Å². The maximum absolute atomic E-state index is 12.1. The summed E-state index contributed by atoms with van der Waals surface area (Å²) in [4.78, 5) is 14.2. The first-order valence-corrected chi connectivity index (χ1v) is 9.69. The second-order valence-corrected chi connectivity index (χ2v) is 7.79. The van der Waals surface area contributed by atoms with Gasteiger partial charge in [0.2, 0.25) is 11.0 Å². The first-order valence-electron chi connectivity index (χ1n) is 8.87. The molecule has 2 heterocycles. The minimum absolute atomic E-state index is 0.0396. The van der Waals surface area contributed by atoms with Gasteiger partial charge in [-0.1, -0.05) is 23.5 Å². The van der Waals surface area contributed by atoms with Gasteiger partial charge in [0.1, 0.15) is 17.7 Å². The Bertz CT molecular complexity index is 777. The van der Waals surface area contributed by atoms with E-state index in [1.807, 2.05) is 31.3 Å². The fourth-order valence-electron chi connectivity index (χ4n) is 2.85. The van der Waals surface area contributed by atoms with Crippen molar-refractivity contribution in [2.45, 2.75) is 31.3 Å². The summed E-state index contributed by atoms with van der Waals surface area (Å²) in [7, 11) is 1.98. The quantitative estimate of drug-likeness (QED) is 0.803. The van der Waals surface area contributed by atoms with E-state index < -0.39 is 0 Å². The van der Waals surface area contributed by atoms with Crippen LogP contribution in [-0.2, 0) is 4.79 Å². The van der Waals surface area contributed by atoms with Crippen molar-refractivity contribution < 1.29 is 14.3 Å². The first kappa shape index (κ1) is 17.2. The van der Waals surface area contributed by atoms with E-state index in [-0.39, 0.29) is 12.0 Å². The van der Waals surface area contributed by atoms with Gasteiger partial charge in [-0.2, -0.15) is 0 Å². The molecule has 8 heteroatoms. The van der Waals surface area contributed by atoms with Crippen LogP contribution in [0, 0.1) is 0 Å². The van der Waals surface area contributed by atoms with Gasteiger partial charge in [0.15, 0.2) is 11.5 Å². The molecule has 1 aliphatic carbocycles. The summed E-state index contributed by atoms with van der Waals surface area (Å²) in [6.45, 7) is 1.86. The van der Waals surface area contributed by atoms with Crippen molar-refractivity contribution in [3.05, 3.63) is 29.3 Å². The zero-order chi connectivity index (χ0) is 17.9. The van der Waals surface area contributed by atoms with Gasteiger partial charge < -0.3 is 19.7 Å². The van der Waals surface area contributed by atoms with Crippen molar-refractivity contribution in [3.8, 4) is 11.5 Å². The Morgan fingerprint density at radius 3 is 2.92 bits per heavy atom. The number of nitrogens with zero attached hydrogens (tertiary/aromatic N) is 3. The number of para-hydroxylation sites is 2. The van der Waals surface area contributed by atoms with E-state index in [2.05, 4.69) is 20.4 Å². The summed E-state index contributed by atoms with van der Waals surface area (Å²) in [6, 6.07) is 7.67. The van der Waals surface area contributed by atoms with E-state index in [0.717, 1.165) is 16.5 Å². The molecule has 1 amide bonds. The third-order valence-electron chi connectivity index (χ3n) is 4.42. The monoisotopic (exact) mass is 374 g/mol. The van der Waals surface area contributed by atoms with Crippen LogP contribution in [0.3, 0.4) is 0 Å². The predicted molar refractivity (Wildman–Crippen MR) is 99.0 cm³/mol. The number of nitrogens with one attached hydrogen (secondary N) is 1. The van der Waals surface area contributed by atoms with Crippen LogP contribution < -0.4 is 14.8 Å². The molecule has 138 valence electrons. The van der Waals surface area contributed by atoms with Gasteiger partial charge in [-0.05, 0) is 32.0 Å². The van der Waals surface area contributed by atoms with Crippen molar-refractivity contribution in [1.82, 2.24) is 15.1 Å². The van der Waals surface area contributed by atoms with Crippen LogP contribution >= 0.6 is 11.3 Å². The number of ether oxygens (including phenoxy) is 2. The van der Waals surface area contributed by atoms with E-state index in [0.29, 0.717) is 37.2 Å². The third kappa shape index (κ3) is 4.31. The molecule has 1 N–H and O–H groups in total. The zero-order valence-corrected chi connectivity index (χ0v) is 15.5. The Hall–Kier alpha value is -2.19. The number of hydrogen-bond acceptors (Lipinski definition) is 7. The normalized spacial score (nSPS) is 18.8. The van der Waals surface area contributed by atoms with Crippen LogP contribution in [0.25, 0.3) is 0 Å². The second-order valence-electron chi connectivity index (χ2n) is 6.78. The highest BCUT2D eigenvalue weighted by molar-refractivity contribution is 7.15. The highest BCUT2D eigenvalue weighted by Crippen LogP contribution is 2.42. The highest BCUT2D eigenvalue weighted by atomic mass is 32.1. The Labute approximate surface area is 156 Å². The predicted octanol–water partition coefficient (Wildman–Crippen LogP) is 2.52.